The van der Waals surface area contributed by atoms with E-state index in [1.165, 1.54) is 5.56 Å². The molecule has 1 heterocycles. The third kappa shape index (κ3) is 4.83. The summed E-state index contributed by atoms with van der Waals surface area (Å²) in [5.74, 6) is 0.991. The Morgan fingerprint density at radius 1 is 1.14 bits per heavy atom. The summed E-state index contributed by atoms with van der Waals surface area (Å²) < 4.78 is 5.34. The molecule has 0 aromatic heterocycles. The van der Waals surface area contributed by atoms with Crippen molar-refractivity contribution in [2.75, 3.05) is 6.61 Å². The minimum atomic E-state index is 0. The first-order valence-corrected chi connectivity index (χ1v) is 3.35. The van der Waals surface area contributed by atoms with Gasteiger partial charge < -0.3 is 4.74 Å². The summed E-state index contributed by atoms with van der Waals surface area (Å²) in [5.41, 5.74) is 1.17. The van der Waals surface area contributed by atoms with Gasteiger partial charge in [-0.15, -0.1) is 0 Å². The molecule has 1 aromatic carbocycles. The van der Waals surface area contributed by atoms with Crippen molar-refractivity contribution < 1.29 is 55.1 Å². The molecule has 0 unspecified atom stereocenters. The summed E-state index contributed by atoms with van der Waals surface area (Å²) in [6.07, 6.45) is 4.10. The first-order chi connectivity index (χ1) is 4.97. The smallest absolute Gasteiger partial charge is 0.126 e. The summed E-state index contributed by atoms with van der Waals surface area (Å²) in [6.45, 7) is 0.705. The van der Waals surface area contributed by atoms with Gasteiger partial charge >= 0.3 is 0 Å². The van der Waals surface area contributed by atoms with E-state index in [9.17, 15) is 0 Å². The molecule has 0 aliphatic carbocycles. The molecule has 0 spiro atoms. The van der Waals surface area contributed by atoms with Crippen molar-refractivity contribution >= 4 is 17.0 Å². The van der Waals surface area contributed by atoms with Crippen molar-refractivity contribution in [3.63, 3.8) is 0 Å². The van der Waals surface area contributed by atoms with E-state index < -0.39 is 0 Å². The molecule has 1 aliphatic heterocycles. The fourth-order valence-corrected chi connectivity index (χ4v) is 1.06. The standard InChI is InChI=1S/C9H8O.Co.Fe.Ni.Si/c1-2-6-9-8(4-1)5-3-7-10-9;;;;/h1-6H,7H2;;;;. The van der Waals surface area contributed by atoms with Crippen molar-refractivity contribution in [1.29, 1.82) is 0 Å². The minimum Gasteiger partial charge on any atom is -0.489 e. The molecule has 0 fully saturated rings. The summed E-state index contributed by atoms with van der Waals surface area (Å²) in [5, 5.41) is 0. The molecule has 0 saturated heterocycles. The maximum atomic E-state index is 5.34. The number of fused-ring (bicyclic) bond motifs is 1. The number of hydrogen-bond donors (Lipinski definition) is 0. The molecule has 0 N–H and O–H groups in total. The van der Waals surface area contributed by atoms with Crippen LogP contribution in [0.25, 0.3) is 6.08 Å². The normalized spacial score (nSPS) is 10.0. The molecule has 81 valence electrons. The van der Waals surface area contributed by atoms with Gasteiger partial charge in [-0.3, -0.25) is 0 Å². The van der Waals surface area contributed by atoms with Gasteiger partial charge in [0.05, 0.1) is 0 Å². The molecule has 5 radical (unpaired) electrons. The summed E-state index contributed by atoms with van der Waals surface area (Å²) in [7, 11) is 0. The van der Waals surface area contributed by atoms with Crippen LogP contribution in [-0.4, -0.2) is 17.6 Å². The van der Waals surface area contributed by atoms with Crippen molar-refractivity contribution in [2.45, 2.75) is 0 Å². The van der Waals surface area contributed by atoms with Crippen LogP contribution < -0.4 is 4.74 Å². The Bertz CT molecular complexity index is 283. The summed E-state index contributed by atoms with van der Waals surface area (Å²) >= 11 is 0. The zero-order valence-corrected chi connectivity index (χ0v) is 11.2. The van der Waals surface area contributed by atoms with E-state index in [0.29, 0.717) is 6.61 Å². The fourth-order valence-electron chi connectivity index (χ4n) is 1.06. The van der Waals surface area contributed by atoms with E-state index in [2.05, 4.69) is 6.08 Å². The first-order valence-electron chi connectivity index (χ1n) is 3.35. The van der Waals surface area contributed by atoms with Crippen molar-refractivity contribution in [3.8, 4) is 5.75 Å². The Hall–Kier alpha value is 0.496. The van der Waals surface area contributed by atoms with Crippen LogP contribution in [0.5, 0.6) is 5.75 Å². The predicted molar refractivity (Wildman–Crippen MR) is 46.7 cm³/mol. The summed E-state index contributed by atoms with van der Waals surface area (Å²) in [6, 6.07) is 8.03. The predicted octanol–water partition coefficient (Wildman–Crippen LogP) is 1.70. The Morgan fingerprint density at radius 2 is 1.79 bits per heavy atom. The van der Waals surface area contributed by atoms with Crippen LogP contribution in [0.3, 0.4) is 0 Å². The largest absolute Gasteiger partial charge is 0.489 e. The second-order valence-corrected chi connectivity index (χ2v) is 2.25. The van der Waals surface area contributed by atoms with Gasteiger partial charge in [-0.05, 0) is 12.1 Å². The number of ether oxygens (including phenoxy) is 1. The van der Waals surface area contributed by atoms with E-state index in [-0.39, 0.29) is 61.3 Å². The molecular weight excluding hydrogens is 326 g/mol. The first kappa shape index (κ1) is 20.0. The Labute approximate surface area is 120 Å². The Balaban J connectivity index is -0.000000302. The third-order valence-electron chi connectivity index (χ3n) is 1.55. The number of benzene rings is 1. The quantitative estimate of drug-likeness (QED) is 0.657. The molecule has 2 rings (SSSR count). The van der Waals surface area contributed by atoms with Crippen molar-refractivity contribution in [3.05, 3.63) is 35.9 Å². The van der Waals surface area contributed by atoms with Crippen molar-refractivity contribution in [2.24, 2.45) is 0 Å². The molecule has 1 nitrogen and oxygen atoms in total. The van der Waals surface area contributed by atoms with E-state index in [4.69, 9.17) is 4.74 Å². The van der Waals surface area contributed by atoms with Gasteiger partial charge in [0.25, 0.3) is 0 Å². The van der Waals surface area contributed by atoms with Crippen LogP contribution in [0.1, 0.15) is 5.56 Å². The van der Waals surface area contributed by atoms with Crippen LogP contribution in [-0.2, 0) is 50.3 Å². The average Bonchev–Trinajstić information content (AvgIpc) is 2.05. The van der Waals surface area contributed by atoms with Crippen LogP contribution in [0.2, 0.25) is 0 Å². The van der Waals surface area contributed by atoms with Gasteiger partial charge in [-0.25, -0.2) is 0 Å². The number of rotatable bonds is 0. The molecule has 0 amide bonds. The zero-order valence-electron chi connectivity index (χ0n) is 7.08. The van der Waals surface area contributed by atoms with Crippen molar-refractivity contribution in [1.82, 2.24) is 0 Å². The number of para-hydroxylation sites is 1. The average molecular weight is 334 g/mol. The molecule has 1 aromatic rings. The van der Waals surface area contributed by atoms with Gasteiger partial charge in [0.15, 0.2) is 0 Å². The molecule has 5 heteroatoms. The van der Waals surface area contributed by atoms with Crippen LogP contribution >= 0.6 is 0 Å². The molecule has 0 saturated carbocycles. The van der Waals surface area contributed by atoms with E-state index >= 15 is 0 Å². The topological polar surface area (TPSA) is 9.23 Å². The van der Waals surface area contributed by atoms with Gasteiger partial charge in [0.2, 0.25) is 0 Å². The van der Waals surface area contributed by atoms with Crippen LogP contribution in [0.4, 0.5) is 0 Å². The minimum absolute atomic E-state index is 0. The van der Waals surface area contributed by atoms with E-state index in [0.717, 1.165) is 5.75 Å². The maximum absolute atomic E-state index is 5.34. The molecule has 0 bridgehead atoms. The van der Waals surface area contributed by atoms with Gasteiger partial charge in [0, 0.05) is 66.9 Å². The van der Waals surface area contributed by atoms with E-state index in [1.54, 1.807) is 0 Å². The van der Waals surface area contributed by atoms with Gasteiger partial charge in [0.1, 0.15) is 12.4 Å². The molecular formula is C9H8CoFeNiOSi. The molecule has 14 heavy (non-hydrogen) atoms. The maximum Gasteiger partial charge on any atom is 0.126 e. The van der Waals surface area contributed by atoms with Gasteiger partial charge in [-0.1, -0.05) is 24.3 Å². The number of hydrogen-bond acceptors (Lipinski definition) is 1. The van der Waals surface area contributed by atoms with Crippen LogP contribution in [0.15, 0.2) is 30.3 Å². The summed E-state index contributed by atoms with van der Waals surface area (Å²) in [4.78, 5) is 0. The molecule has 1 aliphatic rings. The van der Waals surface area contributed by atoms with E-state index in [1.807, 2.05) is 30.3 Å². The second kappa shape index (κ2) is 10.0. The molecule has 0 atom stereocenters. The van der Waals surface area contributed by atoms with Crippen LogP contribution in [0, 0.1) is 0 Å². The fraction of sp³-hybridized carbons (Fsp3) is 0.111. The SMILES string of the molecule is C1=Cc2ccccc2OC1.[Co].[Fe].[Ni].[Si]. The van der Waals surface area contributed by atoms with Gasteiger partial charge in [-0.2, -0.15) is 0 Å². The Kier molecular flexibility index (Phi) is 14.3. The second-order valence-electron chi connectivity index (χ2n) is 2.25. The monoisotopic (exact) mass is 333 g/mol. The third-order valence-corrected chi connectivity index (χ3v) is 1.55. The zero-order chi connectivity index (χ0) is 6.81. The Morgan fingerprint density at radius 3 is 2.43 bits per heavy atom.